The van der Waals surface area contributed by atoms with Crippen molar-refractivity contribution in [3.8, 4) is 0 Å². The Morgan fingerprint density at radius 3 is 1.58 bits per heavy atom. The molecule has 0 aliphatic carbocycles. The maximum absolute atomic E-state index is 12.3. The lowest BCUT2D eigenvalue weighted by Gasteiger charge is -2.36. The van der Waals surface area contributed by atoms with Gasteiger partial charge < -0.3 is 15.5 Å². The van der Waals surface area contributed by atoms with Crippen LogP contribution in [-0.2, 0) is 15.9 Å². The van der Waals surface area contributed by atoms with Gasteiger partial charge in [-0.05, 0) is 49.6 Å². The summed E-state index contributed by atoms with van der Waals surface area (Å²) in [6.07, 6.45) is 0. The van der Waals surface area contributed by atoms with E-state index in [2.05, 4.69) is 10.6 Å². The highest BCUT2D eigenvalue weighted by Crippen LogP contribution is 2.33. The smallest absolute Gasteiger partial charge is 0.322 e. The Bertz CT molecular complexity index is 1070. The van der Waals surface area contributed by atoms with Crippen LogP contribution >= 0.6 is 11.6 Å². The van der Waals surface area contributed by atoms with Gasteiger partial charge in [0.2, 0.25) is 0 Å². The van der Waals surface area contributed by atoms with Gasteiger partial charge in [0.15, 0.2) is 5.54 Å². The molecule has 0 aromatic heterocycles. The summed E-state index contributed by atoms with van der Waals surface area (Å²) in [6.45, 7) is 4.72. The van der Waals surface area contributed by atoms with Gasteiger partial charge in [-0.25, -0.2) is 4.79 Å². The zero-order valence-electron chi connectivity index (χ0n) is 18.7. The number of benzene rings is 3. The fourth-order valence-electron chi connectivity index (χ4n) is 3.53. The van der Waals surface area contributed by atoms with Crippen LogP contribution in [0.15, 0.2) is 84.9 Å². The minimum Gasteiger partial charge on any atom is -0.387 e. The Labute approximate surface area is 198 Å². The first kappa shape index (κ1) is 24.5. The fourth-order valence-corrected chi connectivity index (χ4v) is 3.66. The molecule has 1 heterocycles. The normalized spacial score (nSPS) is 16.7. The maximum Gasteiger partial charge on any atom is 0.322 e. The molecule has 1 aliphatic rings. The Morgan fingerprint density at radius 1 is 0.758 bits per heavy atom. The summed E-state index contributed by atoms with van der Waals surface area (Å²) >= 11 is 5.73. The van der Waals surface area contributed by atoms with Crippen molar-refractivity contribution in [3.05, 3.63) is 107 Å². The molecule has 1 saturated heterocycles. The minimum atomic E-state index is -1.28. The van der Waals surface area contributed by atoms with Crippen molar-refractivity contribution in [2.45, 2.75) is 37.5 Å². The molecule has 0 bridgehead atoms. The molecule has 1 unspecified atom stereocenters. The Morgan fingerprint density at radius 2 is 1.21 bits per heavy atom. The highest BCUT2D eigenvalue weighted by atomic mass is 35.5. The molecule has 6 nitrogen and oxygen atoms in total. The van der Waals surface area contributed by atoms with Gasteiger partial charge in [0.25, 0.3) is 5.91 Å². The van der Waals surface area contributed by atoms with Gasteiger partial charge in [0, 0.05) is 5.02 Å². The van der Waals surface area contributed by atoms with Crippen molar-refractivity contribution in [2.75, 3.05) is 0 Å². The van der Waals surface area contributed by atoms with E-state index in [9.17, 15) is 19.8 Å². The average molecular weight is 467 g/mol. The fraction of sp³-hybridized carbons (Fsp3) is 0.231. The second-order valence-corrected chi connectivity index (χ2v) is 8.96. The van der Waals surface area contributed by atoms with Crippen LogP contribution < -0.4 is 10.6 Å². The van der Waals surface area contributed by atoms with Gasteiger partial charge in [-0.2, -0.15) is 0 Å². The molecule has 4 rings (SSSR count). The van der Waals surface area contributed by atoms with Crippen LogP contribution in [0.3, 0.4) is 0 Å². The van der Waals surface area contributed by atoms with Crippen molar-refractivity contribution >= 4 is 23.5 Å². The molecule has 0 spiro atoms. The first-order valence-electron chi connectivity index (χ1n) is 10.4. The van der Waals surface area contributed by atoms with Crippen molar-refractivity contribution < 1.29 is 19.8 Å². The van der Waals surface area contributed by atoms with Crippen molar-refractivity contribution in [1.29, 1.82) is 0 Å². The average Bonchev–Trinajstić information content (AvgIpc) is 3.09. The van der Waals surface area contributed by atoms with Crippen LogP contribution in [0.5, 0.6) is 0 Å². The summed E-state index contributed by atoms with van der Waals surface area (Å²) in [7, 11) is 0. The van der Waals surface area contributed by atoms with E-state index in [1.54, 1.807) is 45.0 Å². The highest BCUT2D eigenvalue weighted by Gasteiger charge is 2.49. The van der Waals surface area contributed by atoms with E-state index >= 15 is 0 Å². The Balaban J connectivity index is 0.000000196. The second kappa shape index (κ2) is 9.35. The molecule has 1 atom stereocenters. The molecule has 33 heavy (non-hydrogen) atoms. The van der Waals surface area contributed by atoms with E-state index in [-0.39, 0.29) is 5.91 Å². The van der Waals surface area contributed by atoms with Crippen LogP contribution in [0.25, 0.3) is 0 Å². The number of aliphatic hydroxyl groups is 2. The number of rotatable bonds is 4. The number of hydrogen-bond acceptors (Lipinski definition) is 4. The van der Waals surface area contributed by atoms with E-state index in [4.69, 9.17) is 11.6 Å². The van der Waals surface area contributed by atoms with Gasteiger partial charge in [-0.15, -0.1) is 0 Å². The molecule has 172 valence electrons. The van der Waals surface area contributed by atoms with E-state index < -0.39 is 22.8 Å². The predicted octanol–water partition coefficient (Wildman–Crippen LogP) is 4.09. The number of nitrogens with one attached hydrogen (secondary N) is 2. The third kappa shape index (κ3) is 4.93. The number of hydrogen-bond donors (Lipinski definition) is 4. The van der Waals surface area contributed by atoms with Gasteiger partial charge in [0.1, 0.15) is 5.60 Å². The summed E-state index contributed by atoms with van der Waals surface area (Å²) < 4.78 is 0. The van der Waals surface area contributed by atoms with Gasteiger partial charge in [0.05, 0.1) is 5.60 Å². The SMILES string of the molecule is CC(C)(O)C(C)(O)c1ccc(Cl)cc1.O=C1NC(=O)C(c2ccccc2)(c2ccccc2)N1. The third-order valence-corrected chi connectivity index (χ3v) is 6.13. The van der Waals surface area contributed by atoms with Gasteiger partial charge >= 0.3 is 6.03 Å². The quantitative estimate of drug-likeness (QED) is 0.435. The number of amides is 3. The lowest BCUT2D eigenvalue weighted by atomic mass is 9.82. The van der Waals surface area contributed by atoms with Crippen molar-refractivity contribution in [1.82, 2.24) is 10.6 Å². The summed E-state index contributed by atoms with van der Waals surface area (Å²) in [6, 6.07) is 24.8. The molecule has 0 radical (unpaired) electrons. The van der Waals surface area contributed by atoms with Crippen LogP contribution in [0, 0.1) is 0 Å². The first-order chi connectivity index (χ1) is 15.5. The standard InChI is InChI=1S/C15H12N2O2.C11H15ClO2/c18-13-15(17-14(19)16-13,11-7-3-1-4-8-11)12-9-5-2-6-10-12;1-10(2,13)11(3,14)8-4-6-9(12)7-5-8/h1-10H,(H2,16,17,18,19);4-7,13-14H,1-3H3. The lowest BCUT2D eigenvalue weighted by Crippen LogP contribution is -2.44. The van der Waals surface area contributed by atoms with Crippen LogP contribution in [0.2, 0.25) is 5.02 Å². The number of halogens is 1. The number of urea groups is 1. The Kier molecular flexibility index (Phi) is 6.93. The molecule has 1 fully saturated rings. The molecular formula is C26H27ClN2O4. The van der Waals surface area contributed by atoms with E-state index in [0.717, 1.165) is 11.1 Å². The van der Waals surface area contributed by atoms with Crippen molar-refractivity contribution in [3.63, 3.8) is 0 Å². The van der Waals surface area contributed by atoms with Gasteiger partial charge in [-0.1, -0.05) is 84.4 Å². The minimum absolute atomic E-state index is 0.352. The topological polar surface area (TPSA) is 98.7 Å². The largest absolute Gasteiger partial charge is 0.387 e. The predicted molar refractivity (Wildman–Crippen MR) is 128 cm³/mol. The molecule has 3 aromatic rings. The van der Waals surface area contributed by atoms with E-state index in [1.807, 2.05) is 60.7 Å². The van der Waals surface area contributed by atoms with Crippen LogP contribution in [0.4, 0.5) is 4.79 Å². The summed E-state index contributed by atoms with van der Waals surface area (Å²) in [4.78, 5) is 23.9. The molecule has 3 aromatic carbocycles. The Hall–Kier alpha value is -3.19. The van der Waals surface area contributed by atoms with Crippen molar-refractivity contribution in [2.24, 2.45) is 0 Å². The lowest BCUT2D eigenvalue weighted by molar-refractivity contribution is -0.125. The maximum atomic E-state index is 12.3. The van der Waals surface area contributed by atoms with Crippen LogP contribution in [0.1, 0.15) is 37.5 Å². The summed E-state index contributed by atoms with van der Waals surface area (Å²) in [5.74, 6) is -0.352. The summed E-state index contributed by atoms with van der Waals surface area (Å²) in [5, 5.41) is 25.6. The number of carbonyl (C=O) groups excluding carboxylic acids is 2. The monoisotopic (exact) mass is 466 g/mol. The second-order valence-electron chi connectivity index (χ2n) is 8.53. The number of imide groups is 1. The molecular weight excluding hydrogens is 440 g/mol. The zero-order valence-corrected chi connectivity index (χ0v) is 19.4. The highest BCUT2D eigenvalue weighted by molar-refractivity contribution is 6.30. The molecule has 4 N–H and O–H groups in total. The van der Waals surface area contributed by atoms with E-state index in [0.29, 0.717) is 10.6 Å². The van der Waals surface area contributed by atoms with Gasteiger partial charge in [-0.3, -0.25) is 10.1 Å². The molecule has 1 aliphatic heterocycles. The molecule has 3 amide bonds. The first-order valence-corrected chi connectivity index (χ1v) is 10.8. The molecule has 7 heteroatoms. The summed E-state index contributed by atoms with van der Waals surface area (Å²) in [5.41, 5.74) is -1.48. The van der Waals surface area contributed by atoms with Crippen LogP contribution in [-0.4, -0.2) is 27.8 Å². The zero-order chi connectivity index (χ0) is 24.3. The molecule has 0 saturated carbocycles. The number of carbonyl (C=O) groups is 2. The third-order valence-electron chi connectivity index (χ3n) is 5.88. The van der Waals surface area contributed by atoms with E-state index in [1.165, 1.54) is 0 Å².